The predicted octanol–water partition coefficient (Wildman–Crippen LogP) is 4.40. The van der Waals surface area contributed by atoms with Gasteiger partial charge in [-0.1, -0.05) is 44.5 Å². The number of urea groups is 1. The van der Waals surface area contributed by atoms with E-state index in [1.807, 2.05) is 29.2 Å². The molecule has 1 N–H and O–H groups in total. The number of piperidine rings is 1. The summed E-state index contributed by atoms with van der Waals surface area (Å²) < 4.78 is 5.87. The number of hydrogen-bond acceptors (Lipinski definition) is 4. The second-order valence-electron chi connectivity index (χ2n) is 8.34. The Morgan fingerprint density at radius 1 is 1.30 bits per heavy atom. The molecule has 7 heteroatoms. The van der Waals surface area contributed by atoms with Crippen LogP contribution in [0.1, 0.15) is 56.9 Å². The van der Waals surface area contributed by atoms with E-state index in [2.05, 4.69) is 36.3 Å². The molecule has 3 rings (SSSR count). The fourth-order valence-corrected chi connectivity index (χ4v) is 3.34. The van der Waals surface area contributed by atoms with Crippen molar-refractivity contribution in [3.05, 3.63) is 46.6 Å². The predicted molar refractivity (Wildman–Crippen MR) is 105 cm³/mol. The van der Waals surface area contributed by atoms with Gasteiger partial charge in [-0.15, -0.1) is 10.2 Å². The van der Waals surface area contributed by atoms with Crippen molar-refractivity contribution in [3.8, 4) is 0 Å². The quantitative estimate of drug-likeness (QED) is 0.839. The molecule has 1 aliphatic rings. The molecule has 27 heavy (non-hydrogen) atoms. The lowest BCUT2D eigenvalue weighted by Crippen LogP contribution is -2.44. The number of hydrogen-bond donors (Lipinski definition) is 1. The third kappa shape index (κ3) is 5.70. The van der Waals surface area contributed by atoms with Crippen LogP contribution in [0.15, 0.2) is 28.7 Å². The van der Waals surface area contributed by atoms with Crippen LogP contribution in [0.25, 0.3) is 0 Å². The van der Waals surface area contributed by atoms with Crippen LogP contribution in [0, 0.1) is 5.41 Å². The first-order valence-electron chi connectivity index (χ1n) is 9.40. The monoisotopic (exact) mass is 390 g/mol. The Kier molecular flexibility index (Phi) is 6.05. The third-order valence-electron chi connectivity index (χ3n) is 4.58. The van der Waals surface area contributed by atoms with Gasteiger partial charge >= 0.3 is 6.03 Å². The summed E-state index contributed by atoms with van der Waals surface area (Å²) in [6, 6.07) is 7.41. The van der Waals surface area contributed by atoms with Crippen LogP contribution in [0.5, 0.6) is 0 Å². The van der Waals surface area contributed by atoms with Crippen molar-refractivity contribution >= 4 is 17.6 Å². The summed E-state index contributed by atoms with van der Waals surface area (Å²) in [4.78, 5) is 14.4. The molecule has 2 heterocycles. The number of amides is 2. The zero-order chi connectivity index (χ0) is 19.4. The Morgan fingerprint density at radius 2 is 2.04 bits per heavy atom. The third-order valence-corrected chi connectivity index (χ3v) is 4.83. The molecular formula is C20H27ClN4O2. The largest absolute Gasteiger partial charge is 0.425 e. The molecule has 1 saturated heterocycles. The molecule has 1 aliphatic heterocycles. The summed E-state index contributed by atoms with van der Waals surface area (Å²) in [7, 11) is 0. The summed E-state index contributed by atoms with van der Waals surface area (Å²) >= 11 is 5.89. The van der Waals surface area contributed by atoms with Crippen LogP contribution in [-0.4, -0.2) is 34.2 Å². The van der Waals surface area contributed by atoms with E-state index in [-0.39, 0.29) is 17.4 Å². The molecule has 0 bridgehead atoms. The highest BCUT2D eigenvalue weighted by Crippen LogP contribution is 2.27. The zero-order valence-electron chi connectivity index (χ0n) is 16.2. The number of nitrogens with one attached hydrogen (secondary N) is 1. The minimum Gasteiger partial charge on any atom is -0.425 e. The zero-order valence-corrected chi connectivity index (χ0v) is 16.9. The van der Waals surface area contributed by atoms with Crippen molar-refractivity contribution in [2.45, 2.75) is 52.5 Å². The lowest BCUT2D eigenvalue weighted by Gasteiger charge is -2.31. The van der Waals surface area contributed by atoms with Gasteiger partial charge in [0.05, 0.1) is 5.92 Å². The van der Waals surface area contributed by atoms with E-state index in [1.165, 1.54) is 0 Å². The van der Waals surface area contributed by atoms with E-state index in [9.17, 15) is 4.79 Å². The standard InChI is InChI=1S/C20H27ClN4O2/c1-20(2,3)11-17-23-24-18(27-17)15-5-4-10-25(13-15)19(26)22-12-14-6-8-16(21)9-7-14/h6-9,15H,4-5,10-13H2,1-3H3,(H,22,26). The number of carbonyl (C=O) groups excluding carboxylic acids is 1. The number of rotatable bonds is 4. The van der Waals surface area contributed by atoms with Gasteiger partial charge in [-0.2, -0.15) is 0 Å². The highest BCUT2D eigenvalue weighted by atomic mass is 35.5. The number of nitrogens with zero attached hydrogens (tertiary/aromatic N) is 3. The van der Waals surface area contributed by atoms with Gasteiger partial charge in [0.15, 0.2) is 0 Å². The van der Waals surface area contributed by atoms with E-state index in [0.717, 1.165) is 31.4 Å². The van der Waals surface area contributed by atoms with Crippen LogP contribution < -0.4 is 5.32 Å². The van der Waals surface area contributed by atoms with Crippen LogP contribution in [0.4, 0.5) is 4.79 Å². The maximum atomic E-state index is 12.5. The van der Waals surface area contributed by atoms with Gasteiger partial charge in [-0.25, -0.2) is 4.79 Å². The van der Waals surface area contributed by atoms with Gasteiger partial charge in [0.1, 0.15) is 0 Å². The first-order valence-corrected chi connectivity index (χ1v) is 9.77. The van der Waals surface area contributed by atoms with Gasteiger partial charge in [0.25, 0.3) is 0 Å². The van der Waals surface area contributed by atoms with Crippen molar-refractivity contribution in [1.82, 2.24) is 20.4 Å². The molecule has 1 unspecified atom stereocenters. The van der Waals surface area contributed by atoms with Gasteiger partial charge in [0.2, 0.25) is 11.8 Å². The number of halogens is 1. The second-order valence-corrected chi connectivity index (χ2v) is 8.78. The summed E-state index contributed by atoms with van der Waals surface area (Å²) in [5.41, 5.74) is 1.12. The van der Waals surface area contributed by atoms with E-state index in [1.54, 1.807) is 0 Å². The Balaban J connectivity index is 1.55. The summed E-state index contributed by atoms with van der Waals surface area (Å²) in [6.45, 7) is 8.25. The highest BCUT2D eigenvalue weighted by Gasteiger charge is 2.29. The summed E-state index contributed by atoms with van der Waals surface area (Å²) in [5, 5.41) is 12.1. The Morgan fingerprint density at radius 3 is 2.74 bits per heavy atom. The second kappa shape index (κ2) is 8.30. The molecule has 1 aromatic carbocycles. The van der Waals surface area contributed by atoms with Gasteiger partial charge in [0, 0.05) is 31.1 Å². The van der Waals surface area contributed by atoms with Gasteiger partial charge in [-0.3, -0.25) is 0 Å². The lowest BCUT2D eigenvalue weighted by molar-refractivity contribution is 0.173. The first-order chi connectivity index (χ1) is 12.8. The van der Waals surface area contributed by atoms with Crippen molar-refractivity contribution < 1.29 is 9.21 Å². The molecule has 2 amide bonds. The van der Waals surface area contributed by atoms with E-state index >= 15 is 0 Å². The molecule has 1 aromatic heterocycles. The number of benzene rings is 1. The van der Waals surface area contributed by atoms with Crippen molar-refractivity contribution in [3.63, 3.8) is 0 Å². The van der Waals surface area contributed by atoms with E-state index in [0.29, 0.717) is 29.9 Å². The Hall–Kier alpha value is -2.08. The normalized spacial score (nSPS) is 17.8. The molecule has 1 fully saturated rings. The molecule has 6 nitrogen and oxygen atoms in total. The Labute approximate surface area is 165 Å². The Bertz CT molecular complexity index is 767. The number of likely N-dealkylation sites (tertiary alicyclic amines) is 1. The van der Waals surface area contributed by atoms with Crippen LogP contribution in [0.2, 0.25) is 5.02 Å². The van der Waals surface area contributed by atoms with Crippen molar-refractivity contribution in [1.29, 1.82) is 0 Å². The minimum absolute atomic E-state index is 0.0657. The molecule has 0 aliphatic carbocycles. The summed E-state index contributed by atoms with van der Waals surface area (Å²) in [6.07, 6.45) is 2.63. The fourth-order valence-electron chi connectivity index (χ4n) is 3.21. The topological polar surface area (TPSA) is 71.3 Å². The average Bonchev–Trinajstić information content (AvgIpc) is 3.07. The average molecular weight is 391 g/mol. The smallest absolute Gasteiger partial charge is 0.317 e. The van der Waals surface area contributed by atoms with Gasteiger partial charge < -0.3 is 14.6 Å². The molecule has 0 saturated carbocycles. The first kappa shape index (κ1) is 19.7. The maximum absolute atomic E-state index is 12.5. The lowest BCUT2D eigenvalue weighted by atomic mass is 9.92. The van der Waals surface area contributed by atoms with E-state index < -0.39 is 0 Å². The van der Waals surface area contributed by atoms with Crippen molar-refractivity contribution in [2.75, 3.05) is 13.1 Å². The molecule has 1 atom stereocenters. The SMILES string of the molecule is CC(C)(C)Cc1nnc(C2CCCN(C(=O)NCc3ccc(Cl)cc3)C2)o1. The molecular weight excluding hydrogens is 364 g/mol. The number of aromatic nitrogens is 2. The number of carbonyl (C=O) groups is 1. The van der Waals surface area contributed by atoms with Crippen molar-refractivity contribution in [2.24, 2.45) is 5.41 Å². The minimum atomic E-state index is -0.0657. The molecule has 0 radical (unpaired) electrons. The molecule has 2 aromatic rings. The summed E-state index contributed by atoms with van der Waals surface area (Å²) in [5.74, 6) is 1.41. The van der Waals surface area contributed by atoms with Crippen LogP contribution >= 0.6 is 11.6 Å². The van der Waals surface area contributed by atoms with Crippen LogP contribution in [-0.2, 0) is 13.0 Å². The fraction of sp³-hybridized carbons (Fsp3) is 0.550. The molecule has 0 spiro atoms. The highest BCUT2D eigenvalue weighted by molar-refractivity contribution is 6.30. The van der Waals surface area contributed by atoms with E-state index in [4.69, 9.17) is 16.0 Å². The maximum Gasteiger partial charge on any atom is 0.317 e. The van der Waals surface area contributed by atoms with Gasteiger partial charge in [-0.05, 0) is 36.0 Å². The van der Waals surface area contributed by atoms with Crippen LogP contribution in [0.3, 0.4) is 0 Å². The molecule has 146 valence electrons.